The Morgan fingerprint density at radius 2 is 2.20 bits per heavy atom. The van der Waals surface area contributed by atoms with Crippen molar-refractivity contribution in [2.75, 3.05) is 7.11 Å². The van der Waals surface area contributed by atoms with E-state index in [0.717, 1.165) is 34.3 Å². The molecule has 1 aromatic carbocycles. The summed E-state index contributed by atoms with van der Waals surface area (Å²) in [5.41, 5.74) is 3.12. The predicted molar refractivity (Wildman–Crippen MR) is 77.8 cm³/mol. The van der Waals surface area contributed by atoms with Gasteiger partial charge in [0.15, 0.2) is 0 Å². The molecule has 3 rings (SSSR count). The normalized spacial score (nSPS) is 10.9. The number of nitrogens with zero attached hydrogens (tertiary/aromatic N) is 2. The summed E-state index contributed by atoms with van der Waals surface area (Å²) < 4.78 is 7.37. The number of benzene rings is 1. The van der Waals surface area contributed by atoms with Gasteiger partial charge in [0.05, 0.1) is 13.7 Å². The van der Waals surface area contributed by atoms with Crippen LogP contribution in [-0.2, 0) is 13.2 Å². The molecular formula is C16H16N2O2. The Balaban J connectivity index is 2.07. The first-order valence-corrected chi connectivity index (χ1v) is 6.47. The molecule has 0 bridgehead atoms. The molecule has 3 aromatic rings. The third kappa shape index (κ3) is 2.26. The summed E-state index contributed by atoms with van der Waals surface area (Å²) in [6.45, 7) is 0.750. The largest absolute Gasteiger partial charge is 0.497 e. The van der Waals surface area contributed by atoms with E-state index in [4.69, 9.17) is 4.74 Å². The standard InChI is InChI=1S/C16H16N2O2/c1-20-14-4-5-16-15(7-14)13(11-19)10-18(16)9-12-3-2-6-17-8-12/h2-8,10,19H,9,11H2,1H3. The Morgan fingerprint density at radius 3 is 2.90 bits per heavy atom. The van der Waals surface area contributed by atoms with E-state index in [1.54, 1.807) is 13.3 Å². The highest BCUT2D eigenvalue weighted by molar-refractivity contribution is 5.85. The highest BCUT2D eigenvalue weighted by Crippen LogP contribution is 2.26. The molecule has 0 aliphatic heterocycles. The smallest absolute Gasteiger partial charge is 0.119 e. The van der Waals surface area contributed by atoms with Gasteiger partial charge < -0.3 is 14.4 Å². The van der Waals surface area contributed by atoms with Crippen molar-refractivity contribution in [1.29, 1.82) is 0 Å². The van der Waals surface area contributed by atoms with Gasteiger partial charge in [-0.2, -0.15) is 0 Å². The van der Waals surface area contributed by atoms with Crippen LogP contribution in [0.25, 0.3) is 10.9 Å². The van der Waals surface area contributed by atoms with Crippen molar-refractivity contribution in [3.8, 4) is 5.75 Å². The van der Waals surface area contributed by atoms with Gasteiger partial charge in [0.25, 0.3) is 0 Å². The summed E-state index contributed by atoms with van der Waals surface area (Å²) >= 11 is 0. The fraction of sp³-hybridized carbons (Fsp3) is 0.188. The lowest BCUT2D eigenvalue weighted by molar-refractivity contribution is 0.283. The number of hydrogen-bond acceptors (Lipinski definition) is 3. The number of hydrogen-bond donors (Lipinski definition) is 1. The molecule has 0 atom stereocenters. The van der Waals surface area contributed by atoms with Crippen LogP contribution in [0.4, 0.5) is 0 Å². The van der Waals surface area contributed by atoms with Gasteiger partial charge in [-0.15, -0.1) is 0 Å². The average Bonchev–Trinajstić information content (AvgIpc) is 2.85. The summed E-state index contributed by atoms with van der Waals surface area (Å²) in [6.07, 6.45) is 5.60. The van der Waals surface area contributed by atoms with E-state index < -0.39 is 0 Å². The molecule has 0 saturated carbocycles. The van der Waals surface area contributed by atoms with Crippen LogP contribution >= 0.6 is 0 Å². The van der Waals surface area contributed by atoms with Crippen LogP contribution in [0, 0.1) is 0 Å². The highest BCUT2D eigenvalue weighted by atomic mass is 16.5. The molecule has 0 amide bonds. The second-order valence-corrected chi connectivity index (χ2v) is 4.68. The first kappa shape index (κ1) is 12.7. The minimum atomic E-state index is 0.0176. The molecule has 0 radical (unpaired) electrons. The number of rotatable bonds is 4. The van der Waals surface area contributed by atoms with Gasteiger partial charge in [-0.3, -0.25) is 4.98 Å². The van der Waals surface area contributed by atoms with Crippen molar-refractivity contribution < 1.29 is 9.84 Å². The summed E-state index contributed by atoms with van der Waals surface area (Å²) in [7, 11) is 1.65. The van der Waals surface area contributed by atoms with Gasteiger partial charge in [0, 0.05) is 41.6 Å². The Kier molecular flexibility index (Phi) is 3.39. The minimum absolute atomic E-state index is 0.0176. The maximum atomic E-state index is 9.51. The molecule has 102 valence electrons. The number of fused-ring (bicyclic) bond motifs is 1. The highest BCUT2D eigenvalue weighted by Gasteiger charge is 2.09. The Bertz CT molecular complexity index is 720. The SMILES string of the molecule is COc1ccc2c(c1)c(CO)cn2Cc1cccnc1. The fourth-order valence-corrected chi connectivity index (χ4v) is 2.42. The van der Waals surface area contributed by atoms with Crippen LogP contribution in [0.3, 0.4) is 0 Å². The van der Waals surface area contributed by atoms with E-state index >= 15 is 0 Å². The molecule has 20 heavy (non-hydrogen) atoms. The molecule has 0 fully saturated rings. The predicted octanol–water partition coefficient (Wildman–Crippen LogP) is 2.59. The minimum Gasteiger partial charge on any atom is -0.497 e. The van der Waals surface area contributed by atoms with E-state index in [2.05, 4.69) is 9.55 Å². The zero-order valence-corrected chi connectivity index (χ0v) is 11.3. The molecule has 1 N–H and O–H groups in total. The number of ether oxygens (including phenoxy) is 1. The van der Waals surface area contributed by atoms with Crippen molar-refractivity contribution in [2.45, 2.75) is 13.2 Å². The van der Waals surface area contributed by atoms with Crippen molar-refractivity contribution in [2.24, 2.45) is 0 Å². The molecule has 0 saturated heterocycles. The summed E-state index contributed by atoms with van der Waals surface area (Å²) in [4.78, 5) is 4.13. The maximum absolute atomic E-state index is 9.51. The van der Waals surface area contributed by atoms with Gasteiger partial charge in [-0.25, -0.2) is 0 Å². The molecule has 0 unspecified atom stereocenters. The van der Waals surface area contributed by atoms with Gasteiger partial charge in [-0.05, 0) is 29.8 Å². The molecule has 4 nitrogen and oxygen atoms in total. The Hall–Kier alpha value is -2.33. The van der Waals surface area contributed by atoms with Crippen molar-refractivity contribution in [1.82, 2.24) is 9.55 Å². The molecular weight excluding hydrogens is 252 g/mol. The molecule has 2 heterocycles. The zero-order chi connectivity index (χ0) is 13.9. The van der Waals surface area contributed by atoms with Crippen LogP contribution in [0.1, 0.15) is 11.1 Å². The van der Waals surface area contributed by atoms with Crippen molar-refractivity contribution in [3.05, 3.63) is 60.0 Å². The lowest BCUT2D eigenvalue weighted by Gasteiger charge is -2.06. The summed E-state index contributed by atoms with van der Waals surface area (Å²) in [6, 6.07) is 9.88. The van der Waals surface area contributed by atoms with Crippen LogP contribution in [0.5, 0.6) is 5.75 Å². The van der Waals surface area contributed by atoms with Crippen LogP contribution in [0.2, 0.25) is 0 Å². The quantitative estimate of drug-likeness (QED) is 0.791. The topological polar surface area (TPSA) is 47.3 Å². The number of aromatic nitrogens is 2. The van der Waals surface area contributed by atoms with Gasteiger partial charge in [-0.1, -0.05) is 6.07 Å². The van der Waals surface area contributed by atoms with Gasteiger partial charge in [0.2, 0.25) is 0 Å². The van der Waals surface area contributed by atoms with Crippen LogP contribution in [-0.4, -0.2) is 21.8 Å². The molecule has 0 spiro atoms. The Morgan fingerprint density at radius 1 is 1.30 bits per heavy atom. The Labute approximate surface area is 117 Å². The molecule has 2 aromatic heterocycles. The molecule has 0 aliphatic rings. The molecule has 0 aliphatic carbocycles. The van der Waals surface area contributed by atoms with E-state index in [0.29, 0.717) is 0 Å². The lowest BCUT2D eigenvalue weighted by Crippen LogP contribution is -1.98. The first-order valence-electron chi connectivity index (χ1n) is 6.47. The number of aliphatic hydroxyl groups is 1. The zero-order valence-electron chi connectivity index (χ0n) is 11.3. The average molecular weight is 268 g/mol. The second kappa shape index (κ2) is 5.35. The third-order valence-corrected chi connectivity index (χ3v) is 3.42. The number of methoxy groups -OCH3 is 1. The summed E-state index contributed by atoms with van der Waals surface area (Å²) in [5.74, 6) is 0.798. The number of aliphatic hydroxyl groups excluding tert-OH is 1. The molecule has 4 heteroatoms. The second-order valence-electron chi connectivity index (χ2n) is 4.68. The van der Waals surface area contributed by atoms with Crippen molar-refractivity contribution in [3.63, 3.8) is 0 Å². The first-order chi connectivity index (χ1) is 9.81. The third-order valence-electron chi connectivity index (χ3n) is 3.42. The van der Waals surface area contributed by atoms with E-state index in [-0.39, 0.29) is 6.61 Å². The summed E-state index contributed by atoms with van der Waals surface area (Å²) in [5, 5.41) is 10.5. The van der Waals surface area contributed by atoms with Crippen LogP contribution < -0.4 is 4.74 Å². The van der Waals surface area contributed by atoms with Gasteiger partial charge >= 0.3 is 0 Å². The van der Waals surface area contributed by atoms with Crippen molar-refractivity contribution >= 4 is 10.9 Å². The van der Waals surface area contributed by atoms with Crippen LogP contribution in [0.15, 0.2) is 48.9 Å². The van der Waals surface area contributed by atoms with E-state index in [9.17, 15) is 5.11 Å². The van der Waals surface area contributed by atoms with E-state index in [1.165, 1.54) is 0 Å². The fourth-order valence-electron chi connectivity index (χ4n) is 2.42. The maximum Gasteiger partial charge on any atom is 0.119 e. The van der Waals surface area contributed by atoms with Gasteiger partial charge in [0.1, 0.15) is 5.75 Å². The lowest BCUT2D eigenvalue weighted by atomic mass is 10.2. The monoisotopic (exact) mass is 268 g/mol. The van der Waals surface area contributed by atoms with E-state index in [1.807, 2.05) is 42.7 Å². The number of pyridine rings is 1.